The molecule has 122 valence electrons. The summed E-state index contributed by atoms with van der Waals surface area (Å²) in [5, 5.41) is 0. The van der Waals surface area contributed by atoms with Crippen LogP contribution in [0.15, 0.2) is 36.7 Å². The van der Waals surface area contributed by atoms with Crippen molar-refractivity contribution < 1.29 is 9.53 Å². The van der Waals surface area contributed by atoms with E-state index in [2.05, 4.69) is 23.8 Å². The number of aryl methyl sites for hydroxylation is 1. The molecule has 0 aliphatic carbocycles. The second-order valence-electron chi connectivity index (χ2n) is 5.59. The molecule has 0 amide bonds. The van der Waals surface area contributed by atoms with Gasteiger partial charge in [0.05, 0.1) is 12.2 Å². The number of carbonyl (C=O) groups is 1. The zero-order valence-electron chi connectivity index (χ0n) is 13.9. The van der Waals surface area contributed by atoms with Crippen molar-refractivity contribution in [3.8, 4) is 11.4 Å². The highest BCUT2D eigenvalue weighted by atomic mass is 16.5. The van der Waals surface area contributed by atoms with E-state index >= 15 is 0 Å². The molecule has 0 saturated carbocycles. The Labute approximate surface area is 137 Å². The van der Waals surface area contributed by atoms with Gasteiger partial charge < -0.3 is 4.74 Å². The maximum Gasteiger partial charge on any atom is 0.338 e. The van der Waals surface area contributed by atoms with Gasteiger partial charge in [-0.3, -0.25) is 0 Å². The predicted octanol–water partition coefficient (Wildman–Crippen LogP) is 4.44. The van der Waals surface area contributed by atoms with Crippen LogP contribution in [-0.2, 0) is 11.2 Å². The van der Waals surface area contributed by atoms with Gasteiger partial charge in [-0.2, -0.15) is 0 Å². The summed E-state index contributed by atoms with van der Waals surface area (Å²) in [7, 11) is 0. The van der Waals surface area contributed by atoms with Crippen molar-refractivity contribution in [1.29, 1.82) is 0 Å². The van der Waals surface area contributed by atoms with E-state index < -0.39 is 0 Å². The van der Waals surface area contributed by atoms with Crippen LogP contribution in [0.2, 0.25) is 0 Å². The monoisotopic (exact) mass is 312 g/mol. The fourth-order valence-corrected chi connectivity index (χ4v) is 2.16. The highest BCUT2D eigenvalue weighted by Crippen LogP contribution is 2.16. The van der Waals surface area contributed by atoms with E-state index in [9.17, 15) is 4.79 Å². The second kappa shape index (κ2) is 9.03. The van der Waals surface area contributed by atoms with Crippen molar-refractivity contribution in [2.45, 2.75) is 46.0 Å². The zero-order valence-corrected chi connectivity index (χ0v) is 13.9. The van der Waals surface area contributed by atoms with Gasteiger partial charge in [0.25, 0.3) is 0 Å². The molecule has 1 heterocycles. The minimum atomic E-state index is -0.277. The van der Waals surface area contributed by atoms with Gasteiger partial charge in [-0.15, -0.1) is 0 Å². The third-order valence-electron chi connectivity index (χ3n) is 3.63. The number of nitrogens with zero attached hydrogens (tertiary/aromatic N) is 2. The average Bonchev–Trinajstić information content (AvgIpc) is 2.61. The smallest absolute Gasteiger partial charge is 0.338 e. The van der Waals surface area contributed by atoms with E-state index in [1.807, 2.05) is 24.5 Å². The molecule has 4 heteroatoms. The van der Waals surface area contributed by atoms with Crippen molar-refractivity contribution in [1.82, 2.24) is 9.97 Å². The normalized spacial score (nSPS) is 10.5. The first-order chi connectivity index (χ1) is 11.2. The molecule has 0 fully saturated rings. The van der Waals surface area contributed by atoms with Crippen LogP contribution in [0.4, 0.5) is 0 Å². The van der Waals surface area contributed by atoms with Crippen LogP contribution in [-0.4, -0.2) is 22.5 Å². The van der Waals surface area contributed by atoms with Crippen molar-refractivity contribution >= 4 is 5.97 Å². The quantitative estimate of drug-likeness (QED) is 0.534. The fourth-order valence-electron chi connectivity index (χ4n) is 2.16. The van der Waals surface area contributed by atoms with Gasteiger partial charge in [0.1, 0.15) is 0 Å². The summed E-state index contributed by atoms with van der Waals surface area (Å²) < 4.78 is 5.20. The summed E-state index contributed by atoms with van der Waals surface area (Å²) in [6.07, 6.45) is 8.99. The number of carbonyl (C=O) groups excluding carboxylic acids is 1. The minimum absolute atomic E-state index is 0.277. The van der Waals surface area contributed by atoms with Gasteiger partial charge >= 0.3 is 5.97 Å². The Morgan fingerprint density at radius 2 is 1.65 bits per heavy atom. The molecule has 23 heavy (non-hydrogen) atoms. The van der Waals surface area contributed by atoms with Crippen LogP contribution in [0.1, 0.15) is 55.5 Å². The second-order valence-corrected chi connectivity index (χ2v) is 5.59. The maximum absolute atomic E-state index is 11.9. The standard InChI is InChI=1S/C19H24N2O2/c1-3-5-7-15-13-20-18(21-14-15)16-8-10-17(11-9-16)19(22)23-12-6-4-2/h8-11,13-14H,3-7,12H2,1-2H3. The lowest BCUT2D eigenvalue weighted by molar-refractivity contribution is 0.0500. The van der Waals surface area contributed by atoms with Gasteiger partial charge in [-0.05, 0) is 37.0 Å². The molecule has 0 radical (unpaired) electrons. The van der Waals surface area contributed by atoms with E-state index in [0.29, 0.717) is 18.0 Å². The summed E-state index contributed by atoms with van der Waals surface area (Å²) in [6, 6.07) is 7.24. The number of hydrogen-bond acceptors (Lipinski definition) is 4. The molecular weight excluding hydrogens is 288 g/mol. The molecule has 0 spiro atoms. The van der Waals surface area contributed by atoms with Gasteiger partial charge in [0.15, 0.2) is 5.82 Å². The number of unbranched alkanes of at least 4 members (excludes halogenated alkanes) is 2. The molecule has 0 N–H and O–H groups in total. The third kappa shape index (κ3) is 5.16. The summed E-state index contributed by atoms with van der Waals surface area (Å²) in [6.45, 7) is 4.71. The molecule has 1 aromatic heterocycles. The highest BCUT2D eigenvalue weighted by molar-refractivity contribution is 5.89. The first-order valence-electron chi connectivity index (χ1n) is 8.33. The largest absolute Gasteiger partial charge is 0.462 e. The van der Waals surface area contributed by atoms with E-state index in [1.165, 1.54) is 0 Å². The molecule has 0 saturated heterocycles. The topological polar surface area (TPSA) is 52.1 Å². The summed E-state index contributed by atoms with van der Waals surface area (Å²) in [4.78, 5) is 20.7. The molecule has 0 bridgehead atoms. The Kier molecular flexibility index (Phi) is 6.73. The predicted molar refractivity (Wildman–Crippen MR) is 91.3 cm³/mol. The molecule has 1 aromatic carbocycles. The lowest BCUT2D eigenvalue weighted by Gasteiger charge is -2.05. The highest BCUT2D eigenvalue weighted by Gasteiger charge is 2.08. The SMILES string of the molecule is CCCCOC(=O)c1ccc(-c2ncc(CCCC)cn2)cc1. The lowest BCUT2D eigenvalue weighted by atomic mass is 10.1. The zero-order chi connectivity index (χ0) is 16.5. The number of benzene rings is 1. The van der Waals surface area contributed by atoms with Gasteiger partial charge in [-0.25, -0.2) is 14.8 Å². The Morgan fingerprint density at radius 1 is 1.00 bits per heavy atom. The van der Waals surface area contributed by atoms with Crippen LogP contribution in [0.25, 0.3) is 11.4 Å². The molecule has 2 rings (SSSR count). The summed E-state index contributed by atoms with van der Waals surface area (Å²) in [5.74, 6) is 0.400. The molecule has 0 aliphatic heterocycles. The van der Waals surface area contributed by atoms with E-state index in [0.717, 1.165) is 43.2 Å². The fraction of sp³-hybridized carbons (Fsp3) is 0.421. The number of esters is 1. The van der Waals surface area contributed by atoms with Crippen LogP contribution in [0.3, 0.4) is 0 Å². The van der Waals surface area contributed by atoms with E-state index in [4.69, 9.17) is 4.74 Å². The van der Waals surface area contributed by atoms with Gasteiger partial charge in [-0.1, -0.05) is 38.8 Å². The maximum atomic E-state index is 11.9. The Bertz CT molecular complexity index is 606. The summed E-state index contributed by atoms with van der Waals surface area (Å²) >= 11 is 0. The van der Waals surface area contributed by atoms with Gasteiger partial charge in [0, 0.05) is 18.0 Å². The molecular formula is C19H24N2O2. The van der Waals surface area contributed by atoms with Gasteiger partial charge in [0.2, 0.25) is 0 Å². The first kappa shape index (κ1) is 17.1. The Balaban J connectivity index is 2.00. The number of hydrogen-bond donors (Lipinski definition) is 0. The molecule has 4 nitrogen and oxygen atoms in total. The molecule has 0 unspecified atom stereocenters. The number of ether oxygens (including phenoxy) is 1. The lowest BCUT2D eigenvalue weighted by Crippen LogP contribution is -2.06. The molecule has 0 aliphatic rings. The summed E-state index contributed by atoms with van der Waals surface area (Å²) in [5.41, 5.74) is 2.62. The van der Waals surface area contributed by atoms with Crippen LogP contribution in [0.5, 0.6) is 0 Å². The first-order valence-corrected chi connectivity index (χ1v) is 8.33. The van der Waals surface area contributed by atoms with Crippen LogP contribution in [0, 0.1) is 0 Å². The minimum Gasteiger partial charge on any atom is -0.462 e. The van der Waals surface area contributed by atoms with E-state index in [-0.39, 0.29) is 5.97 Å². The third-order valence-corrected chi connectivity index (χ3v) is 3.63. The van der Waals surface area contributed by atoms with Crippen LogP contribution >= 0.6 is 0 Å². The van der Waals surface area contributed by atoms with Crippen molar-refractivity contribution in [3.63, 3.8) is 0 Å². The molecule has 2 aromatic rings. The molecule has 0 atom stereocenters. The average molecular weight is 312 g/mol. The Hall–Kier alpha value is -2.23. The Morgan fingerprint density at radius 3 is 2.26 bits per heavy atom. The van der Waals surface area contributed by atoms with Crippen LogP contribution < -0.4 is 0 Å². The number of rotatable bonds is 8. The van der Waals surface area contributed by atoms with Crippen molar-refractivity contribution in [2.24, 2.45) is 0 Å². The van der Waals surface area contributed by atoms with Crippen molar-refractivity contribution in [2.75, 3.05) is 6.61 Å². The van der Waals surface area contributed by atoms with Crippen molar-refractivity contribution in [3.05, 3.63) is 47.8 Å². The number of aromatic nitrogens is 2. The van der Waals surface area contributed by atoms with E-state index in [1.54, 1.807) is 12.1 Å².